The topological polar surface area (TPSA) is 48.4 Å². The summed E-state index contributed by atoms with van der Waals surface area (Å²) in [6.45, 7) is 6.12. The molecular weight excluding hydrogens is 226 g/mol. The summed E-state index contributed by atoms with van der Waals surface area (Å²) in [6.07, 6.45) is 0.725. The van der Waals surface area contributed by atoms with Crippen LogP contribution in [0, 0.1) is 6.92 Å². The molecule has 0 spiro atoms. The Morgan fingerprint density at radius 3 is 2.72 bits per heavy atom. The van der Waals surface area contributed by atoms with Gasteiger partial charge in [0.25, 0.3) is 0 Å². The average Bonchev–Trinajstić information content (AvgIpc) is 2.71. The van der Waals surface area contributed by atoms with Gasteiger partial charge in [-0.1, -0.05) is 11.6 Å². The summed E-state index contributed by atoms with van der Waals surface area (Å²) >= 11 is 0. The summed E-state index contributed by atoms with van der Waals surface area (Å²) in [5, 5.41) is 1.11. The van der Waals surface area contributed by atoms with Gasteiger partial charge in [0.2, 0.25) is 0 Å². The predicted octanol–water partition coefficient (Wildman–Crippen LogP) is 3.56. The van der Waals surface area contributed by atoms with E-state index in [0.29, 0.717) is 0 Å². The highest BCUT2D eigenvalue weighted by Gasteiger charge is 2.23. The molecule has 18 heavy (non-hydrogen) atoms. The highest BCUT2D eigenvalue weighted by Crippen LogP contribution is 2.29. The minimum atomic E-state index is -0.242. The molecule has 1 aromatic heterocycles. The van der Waals surface area contributed by atoms with Gasteiger partial charge in [0.15, 0.2) is 0 Å². The van der Waals surface area contributed by atoms with E-state index < -0.39 is 0 Å². The van der Waals surface area contributed by atoms with Crippen LogP contribution in [-0.4, -0.2) is 12.7 Å². The van der Waals surface area contributed by atoms with Crippen LogP contribution in [0.4, 0.5) is 0 Å². The highest BCUT2D eigenvalue weighted by molar-refractivity contribution is 5.78. The number of hydrogen-bond acceptors (Lipinski definition) is 3. The number of aryl methyl sites for hydroxylation is 1. The van der Waals surface area contributed by atoms with E-state index >= 15 is 0 Å². The number of fused-ring (bicyclic) bond motifs is 1. The molecule has 98 valence electrons. The van der Waals surface area contributed by atoms with Gasteiger partial charge in [0, 0.05) is 12.5 Å². The monoisotopic (exact) mass is 247 g/mol. The van der Waals surface area contributed by atoms with Crippen molar-refractivity contribution in [2.24, 2.45) is 5.73 Å². The first kappa shape index (κ1) is 13.1. The van der Waals surface area contributed by atoms with Gasteiger partial charge >= 0.3 is 0 Å². The quantitative estimate of drug-likeness (QED) is 0.898. The molecule has 0 fully saturated rings. The van der Waals surface area contributed by atoms with E-state index in [2.05, 4.69) is 13.0 Å². The molecule has 0 amide bonds. The van der Waals surface area contributed by atoms with Crippen molar-refractivity contribution in [3.05, 3.63) is 35.6 Å². The molecule has 0 aliphatic carbocycles. The second-order valence-corrected chi connectivity index (χ2v) is 5.46. The lowest BCUT2D eigenvalue weighted by Gasteiger charge is -2.25. The van der Waals surface area contributed by atoms with E-state index in [4.69, 9.17) is 14.9 Å². The fourth-order valence-corrected chi connectivity index (χ4v) is 2.08. The van der Waals surface area contributed by atoms with Crippen LogP contribution in [0.25, 0.3) is 11.0 Å². The van der Waals surface area contributed by atoms with Gasteiger partial charge in [0.05, 0.1) is 11.6 Å². The van der Waals surface area contributed by atoms with Gasteiger partial charge in [-0.2, -0.15) is 0 Å². The summed E-state index contributed by atoms with van der Waals surface area (Å²) in [5.74, 6) is 0.820. The SMILES string of the molecule is COC(C)(C)CC(N)c1cc2cc(C)ccc2o1. The van der Waals surface area contributed by atoms with Crippen molar-refractivity contribution in [3.8, 4) is 0 Å². The molecule has 3 heteroatoms. The van der Waals surface area contributed by atoms with Crippen LogP contribution in [0.15, 0.2) is 28.7 Å². The van der Waals surface area contributed by atoms with Crippen LogP contribution in [0.2, 0.25) is 0 Å². The van der Waals surface area contributed by atoms with Crippen LogP contribution < -0.4 is 5.73 Å². The maximum absolute atomic E-state index is 6.18. The van der Waals surface area contributed by atoms with Crippen molar-refractivity contribution in [1.29, 1.82) is 0 Å². The third kappa shape index (κ3) is 2.74. The Hall–Kier alpha value is -1.32. The van der Waals surface area contributed by atoms with E-state index in [1.54, 1.807) is 7.11 Å². The summed E-state index contributed by atoms with van der Waals surface area (Å²) in [6, 6.07) is 8.02. The van der Waals surface area contributed by atoms with Crippen molar-refractivity contribution in [2.75, 3.05) is 7.11 Å². The molecule has 0 bridgehead atoms. The second kappa shape index (κ2) is 4.75. The number of hydrogen-bond donors (Lipinski definition) is 1. The average molecular weight is 247 g/mol. The predicted molar refractivity (Wildman–Crippen MR) is 73.6 cm³/mol. The largest absolute Gasteiger partial charge is 0.459 e. The van der Waals surface area contributed by atoms with Gasteiger partial charge in [-0.15, -0.1) is 0 Å². The number of nitrogens with two attached hydrogens (primary N) is 1. The molecule has 2 N–H and O–H groups in total. The standard InChI is InChI=1S/C15H21NO2/c1-10-5-6-13-11(7-10)8-14(18-13)12(16)9-15(2,3)17-4/h5-8,12H,9,16H2,1-4H3. The van der Waals surface area contributed by atoms with Crippen LogP contribution in [0.1, 0.15) is 37.6 Å². The Kier molecular flexibility index (Phi) is 3.46. The molecular formula is C15H21NO2. The lowest BCUT2D eigenvalue weighted by Crippen LogP contribution is -2.28. The fraction of sp³-hybridized carbons (Fsp3) is 0.467. The molecule has 0 saturated carbocycles. The molecule has 0 radical (unpaired) electrons. The Labute approximate surface area is 108 Å². The first-order valence-corrected chi connectivity index (χ1v) is 6.22. The number of furan rings is 1. The van der Waals surface area contributed by atoms with Crippen LogP contribution in [0.3, 0.4) is 0 Å². The third-order valence-electron chi connectivity index (χ3n) is 3.32. The van der Waals surface area contributed by atoms with Crippen molar-refractivity contribution in [1.82, 2.24) is 0 Å². The summed E-state index contributed by atoms with van der Waals surface area (Å²) in [5.41, 5.74) is 8.06. The number of ether oxygens (including phenoxy) is 1. The van der Waals surface area contributed by atoms with Crippen molar-refractivity contribution in [3.63, 3.8) is 0 Å². The lowest BCUT2D eigenvalue weighted by molar-refractivity contribution is 0.00854. The van der Waals surface area contributed by atoms with Gasteiger partial charge < -0.3 is 14.9 Å². The molecule has 1 atom stereocenters. The number of benzene rings is 1. The Balaban J connectivity index is 2.25. The first-order chi connectivity index (χ1) is 8.41. The summed E-state index contributed by atoms with van der Waals surface area (Å²) in [7, 11) is 1.70. The molecule has 2 rings (SSSR count). The number of rotatable bonds is 4. The Morgan fingerprint density at radius 2 is 2.06 bits per heavy atom. The molecule has 1 unspecified atom stereocenters. The van der Waals surface area contributed by atoms with Crippen molar-refractivity contribution < 1.29 is 9.15 Å². The maximum atomic E-state index is 6.18. The van der Waals surface area contributed by atoms with Gasteiger partial charge in [-0.3, -0.25) is 0 Å². The summed E-state index contributed by atoms with van der Waals surface area (Å²) < 4.78 is 11.2. The van der Waals surface area contributed by atoms with Gasteiger partial charge in [-0.05, 0) is 45.4 Å². The molecule has 0 saturated heterocycles. The molecule has 3 nitrogen and oxygen atoms in total. The van der Waals surface area contributed by atoms with Gasteiger partial charge in [-0.25, -0.2) is 0 Å². The second-order valence-electron chi connectivity index (χ2n) is 5.46. The number of methoxy groups -OCH3 is 1. The molecule has 1 heterocycles. The summed E-state index contributed by atoms with van der Waals surface area (Å²) in [4.78, 5) is 0. The van der Waals surface area contributed by atoms with Crippen molar-refractivity contribution in [2.45, 2.75) is 38.8 Å². The molecule has 0 aliphatic heterocycles. The van der Waals surface area contributed by atoms with E-state index in [-0.39, 0.29) is 11.6 Å². The van der Waals surface area contributed by atoms with Crippen LogP contribution in [0.5, 0.6) is 0 Å². The minimum absolute atomic E-state index is 0.146. The molecule has 2 aromatic rings. The third-order valence-corrected chi connectivity index (χ3v) is 3.32. The molecule has 1 aromatic carbocycles. The Morgan fingerprint density at radius 1 is 1.33 bits per heavy atom. The zero-order chi connectivity index (χ0) is 13.3. The highest BCUT2D eigenvalue weighted by atomic mass is 16.5. The Bertz CT molecular complexity index is 542. The van der Waals surface area contributed by atoms with E-state index in [9.17, 15) is 0 Å². The van der Waals surface area contributed by atoms with E-state index in [1.165, 1.54) is 5.56 Å². The van der Waals surface area contributed by atoms with E-state index in [1.807, 2.05) is 32.0 Å². The zero-order valence-electron chi connectivity index (χ0n) is 11.5. The lowest BCUT2D eigenvalue weighted by atomic mass is 9.98. The smallest absolute Gasteiger partial charge is 0.134 e. The van der Waals surface area contributed by atoms with Crippen LogP contribution in [-0.2, 0) is 4.74 Å². The maximum Gasteiger partial charge on any atom is 0.134 e. The minimum Gasteiger partial charge on any atom is -0.459 e. The first-order valence-electron chi connectivity index (χ1n) is 6.22. The van der Waals surface area contributed by atoms with Crippen LogP contribution >= 0.6 is 0 Å². The van der Waals surface area contributed by atoms with Crippen molar-refractivity contribution >= 4 is 11.0 Å². The van der Waals surface area contributed by atoms with Gasteiger partial charge in [0.1, 0.15) is 11.3 Å². The molecule has 0 aliphatic rings. The van der Waals surface area contributed by atoms with E-state index in [0.717, 1.165) is 23.2 Å². The normalized spacial score (nSPS) is 14.1. The fourth-order valence-electron chi connectivity index (χ4n) is 2.08. The zero-order valence-corrected chi connectivity index (χ0v) is 11.5.